The van der Waals surface area contributed by atoms with Crippen molar-refractivity contribution in [2.75, 3.05) is 0 Å². The number of pyridine rings is 1. The van der Waals surface area contributed by atoms with Gasteiger partial charge in [-0.25, -0.2) is 4.79 Å². The molecule has 1 aromatic heterocycles. The van der Waals surface area contributed by atoms with Gasteiger partial charge in [0.2, 0.25) is 0 Å². The van der Waals surface area contributed by atoms with Crippen LogP contribution in [0.1, 0.15) is 26.2 Å². The zero-order chi connectivity index (χ0) is 10.6. The van der Waals surface area contributed by atoms with E-state index in [4.69, 9.17) is 11.6 Å². The summed E-state index contributed by atoms with van der Waals surface area (Å²) < 4.78 is 0. The number of rotatable bonds is 3. The summed E-state index contributed by atoms with van der Waals surface area (Å²) in [7, 11) is 0. The summed E-state index contributed by atoms with van der Waals surface area (Å²) in [6.45, 7) is 2.05. The number of nitrogens with zero attached hydrogens (tertiary/aromatic N) is 1. The summed E-state index contributed by atoms with van der Waals surface area (Å²) in [6, 6.07) is 5.72. The molecule has 0 saturated heterocycles. The van der Waals surface area contributed by atoms with Gasteiger partial charge in [0.25, 0.3) is 0 Å². The minimum Gasteiger partial charge on any atom is -0.265 e. The third kappa shape index (κ3) is 8.98. The molecule has 0 aliphatic heterocycles. The summed E-state index contributed by atoms with van der Waals surface area (Å²) >= 11 is 5.34. The van der Waals surface area contributed by atoms with E-state index in [-0.39, 0.29) is 0 Å². The molecule has 0 atom stereocenters. The Labute approximate surface area is 89.6 Å². The van der Waals surface area contributed by atoms with E-state index < -0.39 is 0 Å². The number of allylic oxidation sites excluding steroid dienone is 1. The van der Waals surface area contributed by atoms with Crippen molar-refractivity contribution in [3.8, 4) is 0 Å². The first-order valence-electron chi connectivity index (χ1n) is 4.55. The molecular weight excluding hydrogens is 198 g/mol. The molecule has 1 rings (SSSR count). The van der Waals surface area contributed by atoms with Gasteiger partial charge < -0.3 is 0 Å². The van der Waals surface area contributed by atoms with Crippen LogP contribution in [0, 0.1) is 0 Å². The van der Waals surface area contributed by atoms with Crippen LogP contribution in [0.3, 0.4) is 0 Å². The summed E-state index contributed by atoms with van der Waals surface area (Å²) in [5.41, 5.74) is 0. The third-order valence-corrected chi connectivity index (χ3v) is 1.69. The smallest absolute Gasteiger partial charge is 0.140 e. The highest BCUT2D eigenvalue weighted by Crippen LogP contribution is 2.06. The minimum atomic E-state index is 0.312. The van der Waals surface area contributed by atoms with Crippen molar-refractivity contribution in [3.63, 3.8) is 0 Å². The van der Waals surface area contributed by atoms with Gasteiger partial charge in [0.05, 0.1) is 0 Å². The lowest BCUT2D eigenvalue weighted by molar-refractivity contribution is 0.567. The van der Waals surface area contributed by atoms with Crippen molar-refractivity contribution in [3.05, 3.63) is 35.6 Å². The number of hydrogen-bond acceptors (Lipinski definition) is 2. The maximum absolute atomic E-state index is 9.72. The van der Waals surface area contributed by atoms with Gasteiger partial charge in [-0.2, -0.15) is 0 Å². The second-order valence-electron chi connectivity index (χ2n) is 2.64. The lowest BCUT2D eigenvalue weighted by atomic mass is 10.2. The SMILES string of the molecule is CCCCC(Cl)=C=O.c1ccncc1. The molecule has 0 fully saturated rings. The van der Waals surface area contributed by atoms with E-state index in [1.165, 1.54) is 0 Å². The molecule has 0 bridgehead atoms. The van der Waals surface area contributed by atoms with E-state index in [0.29, 0.717) is 11.5 Å². The van der Waals surface area contributed by atoms with Gasteiger partial charge in [-0.15, -0.1) is 0 Å². The molecule has 0 spiro atoms. The standard InChI is InChI=1S/C6H9ClO.C5H5N/c1-2-3-4-6(7)5-8;1-2-4-6-5-3-1/h2-4H2,1H3;1-5H. The van der Waals surface area contributed by atoms with E-state index in [0.717, 1.165) is 12.8 Å². The minimum absolute atomic E-state index is 0.312. The average Bonchev–Trinajstić information content (AvgIpc) is 2.29. The first-order valence-corrected chi connectivity index (χ1v) is 4.93. The number of carbonyl (C=O) groups excluding carboxylic acids is 1. The molecule has 3 heteroatoms. The average molecular weight is 212 g/mol. The zero-order valence-electron chi connectivity index (χ0n) is 8.24. The molecule has 0 aliphatic rings. The fourth-order valence-electron chi connectivity index (χ4n) is 0.696. The van der Waals surface area contributed by atoms with Crippen LogP contribution < -0.4 is 0 Å². The molecule has 0 aliphatic carbocycles. The van der Waals surface area contributed by atoms with Crippen LogP contribution in [0.15, 0.2) is 35.6 Å². The molecular formula is C11H14ClNO. The van der Waals surface area contributed by atoms with Gasteiger partial charge in [-0.1, -0.05) is 31.0 Å². The normalized spacial score (nSPS) is 8.14. The molecule has 14 heavy (non-hydrogen) atoms. The molecule has 76 valence electrons. The zero-order valence-corrected chi connectivity index (χ0v) is 9.00. The van der Waals surface area contributed by atoms with Crippen LogP contribution >= 0.6 is 11.6 Å². The monoisotopic (exact) mass is 211 g/mol. The van der Waals surface area contributed by atoms with Crippen molar-refractivity contribution in [2.24, 2.45) is 0 Å². The lowest BCUT2D eigenvalue weighted by Gasteiger charge is -1.87. The second kappa shape index (κ2) is 9.97. The quantitative estimate of drug-likeness (QED) is 0.719. The maximum Gasteiger partial charge on any atom is 0.140 e. The van der Waals surface area contributed by atoms with Crippen LogP contribution in [-0.2, 0) is 4.79 Å². The molecule has 0 amide bonds. The lowest BCUT2D eigenvalue weighted by Crippen LogP contribution is -1.72. The fourth-order valence-corrected chi connectivity index (χ4v) is 0.829. The summed E-state index contributed by atoms with van der Waals surface area (Å²) in [6.07, 6.45) is 6.23. The number of unbranched alkanes of at least 4 members (excludes halogenated alkanes) is 1. The highest BCUT2D eigenvalue weighted by atomic mass is 35.5. The van der Waals surface area contributed by atoms with Gasteiger partial charge in [0.1, 0.15) is 11.0 Å². The molecule has 0 unspecified atom stereocenters. The molecule has 0 saturated carbocycles. The Bertz CT molecular complexity index is 241. The predicted molar refractivity (Wildman–Crippen MR) is 58.8 cm³/mol. The first kappa shape index (κ1) is 12.9. The van der Waals surface area contributed by atoms with Crippen molar-refractivity contribution < 1.29 is 4.79 Å². The Morgan fingerprint density at radius 2 is 2.00 bits per heavy atom. The maximum atomic E-state index is 9.72. The second-order valence-corrected chi connectivity index (χ2v) is 3.09. The van der Waals surface area contributed by atoms with Crippen molar-refractivity contribution in [2.45, 2.75) is 26.2 Å². The van der Waals surface area contributed by atoms with E-state index in [1.54, 1.807) is 18.3 Å². The predicted octanol–water partition coefficient (Wildman–Crippen LogP) is 3.21. The largest absolute Gasteiger partial charge is 0.265 e. The van der Waals surface area contributed by atoms with Crippen LogP contribution in [0.25, 0.3) is 0 Å². The Hall–Kier alpha value is -1.11. The van der Waals surface area contributed by atoms with Crippen molar-refractivity contribution in [1.29, 1.82) is 0 Å². The summed E-state index contributed by atoms with van der Waals surface area (Å²) in [5.74, 6) is 1.63. The van der Waals surface area contributed by atoms with Gasteiger partial charge in [-0.3, -0.25) is 4.98 Å². The van der Waals surface area contributed by atoms with Crippen LogP contribution in [0.2, 0.25) is 0 Å². The van der Waals surface area contributed by atoms with Gasteiger partial charge in [0.15, 0.2) is 0 Å². The van der Waals surface area contributed by atoms with E-state index in [2.05, 4.69) is 11.9 Å². The van der Waals surface area contributed by atoms with E-state index in [9.17, 15) is 4.79 Å². The van der Waals surface area contributed by atoms with E-state index >= 15 is 0 Å². The van der Waals surface area contributed by atoms with Gasteiger partial charge in [0, 0.05) is 12.4 Å². The van der Waals surface area contributed by atoms with Crippen molar-refractivity contribution >= 4 is 17.5 Å². The van der Waals surface area contributed by atoms with Crippen molar-refractivity contribution in [1.82, 2.24) is 4.98 Å². The van der Waals surface area contributed by atoms with Crippen LogP contribution in [0.4, 0.5) is 0 Å². The van der Waals surface area contributed by atoms with E-state index in [1.807, 2.05) is 18.2 Å². The van der Waals surface area contributed by atoms with Crippen LogP contribution in [-0.4, -0.2) is 10.9 Å². The molecule has 0 aromatic carbocycles. The van der Waals surface area contributed by atoms with Gasteiger partial charge in [-0.05, 0) is 25.0 Å². The number of hydrogen-bond donors (Lipinski definition) is 0. The molecule has 0 N–H and O–H groups in total. The molecule has 1 aromatic rings. The molecule has 0 radical (unpaired) electrons. The third-order valence-electron chi connectivity index (χ3n) is 1.43. The number of halogens is 1. The molecule has 1 heterocycles. The fraction of sp³-hybridized carbons (Fsp3) is 0.364. The topological polar surface area (TPSA) is 30.0 Å². The molecule has 2 nitrogen and oxygen atoms in total. The first-order chi connectivity index (χ1) is 6.81. The summed E-state index contributed by atoms with van der Waals surface area (Å²) in [5, 5.41) is 0.312. The Morgan fingerprint density at radius 3 is 2.29 bits per heavy atom. The van der Waals surface area contributed by atoms with Gasteiger partial charge >= 0.3 is 0 Å². The van der Waals surface area contributed by atoms with Crippen LogP contribution in [0.5, 0.6) is 0 Å². The Kier molecular flexibility index (Phi) is 9.18. The highest BCUT2D eigenvalue weighted by Gasteiger charge is 1.88. The Morgan fingerprint density at radius 1 is 1.36 bits per heavy atom. The highest BCUT2D eigenvalue weighted by molar-refractivity contribution is 6.33. The summed E-state index contributed by atoms with van der Waals surface area (Å²) in [4.78, 5) is 13.5. The Balaban J connectivity index is 0.000000249. The number of aromatic nitrogens is 1.